The van der Waals surface area contributed by atoms with Crippen LogP contribution in [0.2, 0.25) is 36.3 Å². The molecule has 0 atom stereocenters. The minimum absolute atomic E-state index is 0.0316. The van der Waals surface area contributed by atoms with Gasteiger partial charge in [0.05, 0.1) is 0 Å². The molecule has 0 saturated heterocycles. The summed E-state index contributed by atoms with van der Waals surface area (Å²) < 4.78 is 51.2. The van der Waals surface area contributed by atoms with Gasteiger partial charge in [-0.05, 0) is 72.7 Å². The molecule has 0 aliphatic carbocycles. The number of rotatable bonds is 5. The number of halogens is 2. The van der Waals surface area contributed by atoms with Crippen molar-refractivity contribution in [2.45, 2.75) is 77.8 Å². The molecule has 202 valence electrons. The summed E-state index contributed by atoms with van der Waals surface area (Å²) in [5.74, 6) is 1.02. The van der Waals surface area contributed by atoms with Crippen molar-refractivity contribution >= 4 is 39.7 Å². The van der Waals surface area contributed by atoms with Crippen LogP contribution in [0.5, 0.6) is 23.0 Å². The smallest absolute Gasteiger partial charge is 0.268 e. The molecule has 0 aromatic heterocycles. The number of ether oxygens (including phenoxy) is 1. The standard InChI is InChI=1S/C30H39BF2O3Si2/c1-29(2,3)37(7,8)35-24-18-12-16-22-27(24)31(26-20(32)14-11-15-21(26)33)28-23(34-22)17-13-19-25(28)36-38(9,10)30(4,5)6/h11-19H,1-10H3. The van der Waals surface area contributed by atoms with Crippen LogP contribution in [0, 0.1) is 11.6 Å². The van der Waals surface area contributed by atoms with E-state index in [0.717, 1.165) is 0 Å². The summed E-state index contributed by atoms with van der Waals surface area (Å²) in [5.41, 5.74) is 1.22. The van der Waals surface area contributed by atoms with E-state index in [0.29, 0.717) is 33.9 Å². The van der Waals surface area contributed by atoms with Crippen LogP contribution in [0.15, 0.2) is 54.6 Å². The van der Waals surface area contributed by atoms with E-state index >= 15 is 8.78 Å². The van der Waals surface area contributed by atoms with Gasteiger partial charge in [-0.1, -0.05) is 59.7 Å². The molecule has 4 rings (SSSR count). The van der Waals surface area contributed by atoms with Crippen LogP contribution in [0.1, 0.15) is 41.5 Å². The highest BCUT2D eigenvalue weighted by Gasteiger charge is 2.46. The number of fused-ring (bicyclic) bond motifs is 2. The molecule has 0 N–H and O–H groups in total. The van der Waals surface area contributed by atoms with Gasteiger partial charge >= 0.3 is 0 Å². The Kier molecular flexibility index (Phi) is 7.15. The van der Waals surface area contributed by atoms with Gasteiger partial charge in [-0.2, -0.15) is 0 Å². The van der Waals surface area contributed by atoms with Gasteiger partial charge in [0.2, 0.25) is 16.6 Å². The zero-order valence-electron chi connectivity index (χ0n) is 24.3. The van der Waals surface area contributed by atoms with Gasteiger partial charge in [-0.25, -0.2) is 8.78 Å². The molecule has 0 amide bonds. The number of benzene rings is 3. The Bertz CT molecular complexity index is 1260. The molecule has 3 nitrogen and oxygen atoms in total. The first kappa shape index (κ1) is 28.4. The highest BCUT2D eigenvalue weighted by molar-refractivity contribution is 6.98. The summed E-state index contributed by atoms with van der Waals surface area (Å²) in [6, 6.07) is 15.2. The third-order valence-electron chi connectivity index (χ3n) is 8.48. The lowest BCUT2D eigenvalue weighted by molar-refractivity contribution is 0.465. The zero-order chi connectivity index (χ0) is 28.3. The molecule has 3 aromatic rings. The van der Waals surface area contributed by atoms with E-state index in [2.05, 4.69) is 67.7 Å². The largest absolute Gasteiger partial charge is 0.544 e. The zero-order valence-corrected chi connectivity index (χ0v) is 26.3. The molecule has 8 heteroatoms. The first-order chi connectivity index (χ1) is 17.4. The third kappa shape index (κ3) is 5.05. The molecular weight excluding hydrogens is 513 g/mol. The molecule has 38 heavy (non-hydrogen) atoms. The second kappa shape index (κ2) is 9.56. The summed E-state index contributed by atoms with van der Waals surface area (Å²) in [5, 5.41) is -0.142. The van der Waals surface area contributed by atoms with Gasteiger partial charge in [0, 0.05) is 16.4 Å². The molecule has 0 fully saturated rings. The van der Waals surface area contributed by atoms with Crippen molar-refractivity contribution in [3.63, 3.8) is 0 Å². The van der Waals surface area contributed by atoms with Gasteiger partial charge in [0.15, 0.2) is 0 Å². The van der Waals surface area contributed by atoms with Crippen molar-refractivity contribution in [2.75, 3.05) is 0 Å². The van der Waals surface area contributed by atoms with E-state index in [9.17, 15) is 0 Å². The molecule has 1 aliphatic rings. The Labute approximate surface area is 228 Å². The summed E-state index contributed by atoms with van der Waals surface area (Å²) in [6.07, 6.45) is 0. The molecule has 1 aliphatic heterocycles. The van der Waals surface area contributed by atoms with E-state index in [1.54, 1.807) is 0 Å². The fraction of sp³-hybridized carbons (Fsp3) is 0.400. The van der Waals surface area contributed by atoms with E-state index in [1.165, 1.54) is 18.2 Å². The number of hydrogen-bond donors (Lipinski definition) is 0. The molecule has 0 radical (unpaired) electrons. The summed E-state index contributed by atoms with van der Waals surface area (Å²) in [7, 11) is -4.60. The second-order valence-corrected chi connectivity index (χ2v) is 22.7. The van der Waals surface area contributed by atoms with Gasteiger partial charge in [0.25, 0.3) is 6.71 Å². The average molecular weight is 553 g/mol. The van der Waals surface area contributed by atoms with Crippen LogP contribution < -0.4 is 30.0 Å². The molecule has 0 spiro atoms. The predicted molar refractivity (Wildman–Crippen MR) is 160 cm³/mol. The van der Waals surface area contributed by atoms with Crippen molar-refractivity contribution in [1.82, 2.24) is 0 Å². The molecule has 0 unspecified atom stereocenters. The Morgan fingerprint density at radius 3 is 1.34 bits per heavy atom. The normalized spacial score (nSPS) is 13.9. The fourth-order valence-corrected chi connectivity index (χ4v) is 6.23. The average Bonchev–Trinajstić information content (AvgIpc) is 2.76. The van der Waals surface area contributed by atoms with Crippen molar-refractivity contribution in [3.8, 4) is 23.0 Å². The Morgan fingerprint density at radius 2 is 0.974 bits per heavy atom. The molecular formula is C30H39BF2O3Si2. The van der Waals surface area contributed by atoms with Crippen LogP contribution in [0.25, 0.3) is 0 Å². The summed E-state index contributed by atoms with van der Waals surface area (Å²) in [6.45, 7) is 20.8. The maximum atomic E-state index is 15.6. The van der Waals surface area contributed by atoms with E-state index in [4.69, 9.17) is 13.6 Å². The lowest BCUT2D eigenvalue weighted by Gasteiger charge is -2.40. The molecule has 1 heterocycles. The predicted octanol–water partition coefficient (Wildman–Crippen LogP) is 7.35. The Hall–Kier alpha value is -2.58. The minimum Gasteiger partial charge on any atom is -0.544 e. The van der Waals surface area contributed by atoms with Gasteiger partial charge in [-0.3, -0.25) is 0 Å². The van der Waals surface area contributed by atoms with Gasteiger partial charge in [-0.15, -0.1) is 0 Å². The molecule has 0 bridgehead atoms. The number of hydrogen-bond acceptors (Lipinski definition) is 3. The Balaban J connectivity index is 2.02. The first-order valence-corrected chi connectivity index (χ1v) is 19.0. The SMILES string of the molecule is CC(C)(C)[Si](C)(C)Oc1cccc2c1B(c1c(F)cccc1F)c1c(cccc1O[Si](C)(C)C(C)(C)C)O2. The molecule has 3 aromatic carbocycles. The van der Waals surface area contributed by atoms with Crippen molar-refractivity contribution < 1.29 is 22.4 Å². The van der Waals surface area contributed by atoms with E-state index in [1.807, 2.05) is 36.4 Å². The summed E-state index contributed by atoms with van der Waals surface area (Å²) >= 11 is 0. The summed E-state index contributed by atoms with van der Waals surface area (Å²) in [4.78, 5) is 0. The van der Waals surface area contributed by atoms with Crippen molar-refractivity contribution in [1.29, 1.82) is 0 Å². The lowest BCUT2D eigenvalue weighted by Crippen LogP contribution is -2.59. The lowest BCUT2D eigenvalue weighted by atomic mass is 9.35. The highest BCUT2D eigenvalue weighted by atomic mass is 28.4. The third-order valence-corrected chi connectivity index (χ3v) is 17.2. The van der Waals surface area contributed by atoms with Gasteiger partial charge < -0.3 is 13.6 Å². The van der Waals surface area contributed by atoms with E-state index < -0.39 is 35.0 Å². The topological polar surface area (TPSA) is 27.7 Å². The van der Waals surface area contributed by atoms with Crippen LogP contribution >= 0.6 is 0 Å². The first-order valence-electron chi connectivity index (χ1n) is 13.2. The molecule has 0 saturated carbocycles. The fourth-order valence-electron chi connectivity index (χ4n) is 4.17. The van der Waals surface area contributed by atoms with E-state index in [-0.39, 0.29) is 15.5 Å². The van der Waals surface area contributed by atoms with Crippen LogP contribution in [0.4, 0.5) is 8.78 Å². The second-order valence-electron chi connectivity index (χ2n) is 13.2. The monoisotopic (exact) mass is 552 g/mol. The minimum atomic E-state index is -2.30. The quantitative estimate of drug-likeness (QED) is 0.242. The van der Waals surface area contributed by atoms with Crippen LogP contribution in [-0.4, -0.2) is 23.3 Å². The Morgan fingerprint density at radius 1 is 0.605 bits per heavy atom. The maximum Gasteiger partial charge on any atom is 0.268 e. The van der Waals surface area contributed by atoms with Gasteiger partial charge in [0.1, 0.15) is 34.6 Å². The highest BCUT2D eigenvalue weighted by Crippen LogP contribution is 2.41. The maximum absolute atomic E-state index is 15.6. The van der Waals surface area contributed by atoms with Crippen LogP contribution in [0.3, 0.4) is 0 Å². The van der Waals surface area contributed by atoms with Crippen LogP contribution in [-0.2, 0) is 0 Å². The van der Waals surface area contributed by atoms with Crippen molar-refractivity contribution in [2.24, 2.45) is 0 Å². The van der Waals surface area contributed by atoms with Crippen molar-refractivity contribution in [3.05, 3.63) is 66.2 Å².